The topological polar surface area (TPSA) is 117 Å². The standard InChI is InChI=1S/C26H29FN4O5S/c1-26(2,17-27)24(32)28-18-9-11-19(12-10-18)30-37(34,35)23-8-4-5-20-21(23)6-3-7-22(20)29-25(33)31-13-15-36-16-14-31/h3-12,30H,13-17H2,1-2H3,(H,28,32)(H,29,33). The van der Waals surface area contributed by atoms with E-state index in [2.05, 4.69) is 15.4 Å². The van der Waals surface area contributed by atoms with E-state index in [1.807, 2.05) is 0 Å². The Hall–Kier alpha value is -3.70. The van der Waals surface area contributed by atoms with Gasteiger partial charge in [-0.3, -0.25) is 9.52 Å². The molecule has 0 aliphatic carbocycles. The number of sulfonamides is 1. The fourth-order valence-corrected chi connectivity index (χ4v) is 5.06. The van der Waals surface area contributed by atoms with Crippen molar-refractivity contribution in [3.8, 4) is 0 Å². The average Bonchev–Trinajstić information content (AvgIpc) is 2.90. The van der Waals surface area contributed by atoms with Gasteiger partial charge >= 0.3 is 6.03 Å². The van der Waals surface area contributed by atoms with Crippen LogP contribution in [0, 0.1) is 5.41 Å². The predicted molar refractivity (Wildman–Crippen MR) is 141 cm³/mol. The molecule has 0 spiro atoms. The molecule has 1 saturated heterocycles. The van der Waals surface area contributed by atoms with Crippen LogP contribution in [0.2, 0.25) is 0 Å². The van der Waals surface area contributed by atoms with Crippen molar-refractivity contribution in [2.75, 3.05) is 48.3 Å². The molecule has 0 aromatic heterocycles. The number of halogens is 1. The van der Waals surface area contributed by atoms with Gasteiger partial charge in [0.15, 0.2) is 0 Å². The first kappa shape index (κ1) is 26.4. The van der Waals surface area contributed by atoms with Crippen molar-refractivity contribution in [2.45, 2.75) is 18.7 Å². The van der Waals surface area contributed by atoms with Crippen molar-refractivity contribution in [3.05, 3.63) is 60.7 Å². The second-order valence-electron chi connectivity index (χ2n) is 9.34. The number of hydrogen-bond donors (Lipinski definition) is 3. The van der Waals surface area contributed by atoms with Gasteiger partial charge in [0.2, 0.25) is 5.91 Å². The summed E-state index contributed by atoms with van der Waals surface area (Å²) in [5.74, 6) is -0.476. The summed E-state index contributed by atoms with van der Waals surface area (Å²) in [4.78, 5) is 26.6. The van der Waals surface area contributed by atoms with Crippen molar-refractivity contribution in [2.24, 2.45) is 5.41 Å². The van der Waals surface area contributed by atoms with Crippen LogP contribution in [0.1, 0.15) is 13.8 Å². The number of nitrogens with zero attached hydrogens (tertiary/aromatic N) is 1. The summed E-state index contributed by atoms with van der Waals surface area (Å²) in [5.41, 5.74) is 0.0361. The third kappa shape index (κ3) is 6.00. The first-order valence-electron chi connectivity index (χ1n) is 11.8. The fraction of sp³-hybridized carbons (Fsp3) is 0.308. The van der Waals surface area contributed by atoms with Crippen LogP contribution in [-0.4, -0.2) is 58.2 Å². The molecular weight excluding hydrogens is 499 g/mol. The molecule has 3 aromatic rings. The molecule has 0 atom stereocenters. The Morgan fingerprint density at radius 2 is 1.54 bits per heavy atom. The van der Waals surface area contributed by atoms with E-state index in [0.717, 1.165) is 0 Å². The van der Waals surface area contributed by atoms with Gasteiger partial charge in [-0.05, 0) is 50.2 Å². The van der Waals surface area contributed by atoms with Crippen LogP contribution < -0.4 is 15.4 Å². The van der Waals surface area contributed by atoms with Gasteiger partial charge < -0.3 is 20.3 Å². The highest BCUT2D eigenvalue weighted by Gasteiger charge is 2.27. The number of urea groups is 1. The minimum atomic E-state index is -4.00. The zero-order valence-corrected chi connectivity index (χ0v) is 21.4. The van der Waals surface area contributed by atoms with Crippen molar-refractivity contribution in [1.29, 1.82) is 0 Å². The Kier molecular flexibility index (Phi) is 7.65. The summed E-state index contributed by atoms with van der Waals surface area (Å²) in [6.07, 6.45) is 0. The maximum atomic E-state index is 13.3. The van der Waals surface area contributed by atoms with Crippen LogP contribution in [0.5, 0.6) is 0 Å². The monoisotopic (exact) mass is 528 g/mol. The molecule has 0 saturated carbocycles. The van der Waals surface area contributed by atoms with Crippen LogP contribution in [-0.2, 0) is 19.6 Å². The minimum absolute atomic E-state index is 0.0505. The molecule has 1 aliphatic rings. The molecule has 4 rings (SSSR count). The lowest BCUT2D eigenvalue weighted by molar-refractivity contribution is -0.124. The molecule has 3 amide bonds. The first-order chi connectivity index (χ1) is 17.6. The number of rotatable bonds is 7. The maximum absolute atomic E-state index is 13.3. The lowest BCUT2D eigenvalue weighted by atomic mass is 9.94. The van der Waals surface area contributed by atoms with Crippen molar-refractivity contribution in [1.82, 2.24) is 4.90 Å². The van der Waals surface area contributed by atoms with Crippen LogP contribution in [0.25, 0.3) is 10.8 Å². The number of benzene rings is 3. The number of carbonyl (C=O) groups excluding carboxylic acids is 2. The highest BCUT2D eigenvalue weighted by Crippen LogP contribution is 2.30. The molecular formula is C26H29FN4O5S. The van der Waals surface area contributed by atoms with Crippen molar-refractivity contribution < 1.29 is 27.1 Å². The van der Waals surface area contributed by atoms with Crippen molar-refractivity contribution in [3.63, 3.8) is 0 Å². The minimum Gasteiger partial charge on any atom is -0.378 e. The quantitative estimate of drug-likeness (QED) is 0.419. The summed E-state index contributed by atoms with van der Waals surface area (Å²) < 4.78 is 47.5. The fourth-order valence-electron chi connectivity index (χ4n) is 3.78. The molecule has 1 fully saturated rings. The summed E-state index contributed by atoms with van der Waals surface area (Å²) in [7, 11) is -4.00. The van der Waals surface area contributed by atoms with E-state index in [-0.39, 0.29) is 16.6 Å². The van der Waals surface area contributed by atoms with Gasteiger partial charge in [0.05, 0.1) is 29.2 Å². The summed E-state index contributed by atoms with van der Waals surface area (Å²) >= 11 is 0. The third-order valence-electron chi connectivity index (χ3n) is 6.06. The molecule has 0 radical (unpaired) electrons. The average molecular weight is 529 g/mol. The van der Waals surface area contributed by atoms with Gasteiger partial charge in [0.1, 0.15) is 6.67 Å². The molecule has 9 nitrogen and oxygen atoms in total. The Balaban J connectivity index is 1.54. The number of anilines is 3. The SMILES string of the molecule is CC(C)(CF)C(=O)Nc1ccc(NS(=O)(=O)c2cccc3c(NC(=O)N4CCOCC4)cccc23)cc1. The zero-order valence-electron chi connectivity index (χ0n) is 20.6. The normalized spacial score (nSPS) is 14.3. The number of fused-ring (bicyclic) bond motifs is 1. The molecule has 196 valence electrons. The molecule has 3 N–H and O–H groups in total. The molecule has 37 heavy (non-hydrogen) atoms. The Morgan fingerprint density at radius 1 is 0.919 bits per heavy atom. The van der Waals surface area contributed by atoms with Crippen LogP contribution in [0.4, 0.5) is 26.2 Å². The van der Waals surface area contributed by atoms with Gasteiger partial charge in [-0.15, -0.1) is 0 Å². The third-order valence-corrected chi connectivity index (χ3v) is 7.49. The maximum Gasteiger partial charge on any atom is 0.322 e. The van der Waals surface area contributed by atoms with E-state index in [9.17, 15) is 22.4 Å². The lowest BCUT2D eigenvalue weighted by Crippen LogP contribution is -2.43. The Labute approximate surface area is 215 Å². The molecule has 0 bridgehead atoms. The molecule has 3 aromatic carbocycles. The van der Waals surface area contributed by atoms with Gasteiger partial charge in [0, 0.05) is 35.2 Å². The number of alkyl halides is 1. The van der Waals surface area contributed by atoms with Gasteiger partial charge in [-0.1, -0.05) is 24.3 Å². The predicted octanol–water partition coefficient (Wildman–Crippen LogP) is 4.44. The number of carbonyl (C=O) groups is 2. The number of ether oxygens (including phenoxy) is 1. The summed E-state index contributed by atoms with van der Waals surface area (Å²) in [6, 6.07) is 15.8. The van der Waals surface area contributed by atoms with E-state index in [1.54, 1.807) is 35.2 Å². The summed E-state index contributed by atoms with van der Waals surface area (Å²) in [5, 5.41) is 6.54. The van der Waals surface area contributed by atoms with Crippen LogP contribution in [0.3, 0.4) is 0 Å². The van der Waals surface area contributed by atoms with E-state index < -0.39 is 28.0 Å². The molecule has 1 aliphatic heterocycles. The van der Waals surface area contributed by atoms with Crippen LogP contribution in [0.15, 0.2) is 65.6 Å². The molecule has 0 unspecified atom stereocenters. The summed E-state index contributed by atoms with van der Waals surface area (Å²) in [6.45, 7) is 4.09. The van der Waals surface area contributed by atoms with E-state index in [0.29, 0.717) is 48.5 Å². The first-order valence-corrected chi connectivity index (χ1v) is 13.2. The highest BCUT2D eigenvalue weighted by molar-refractivity contribution is 7.93. The van der Waals surface area contributed by atoms with Crippen LogP contribution >= 0.6 is 0 Å². The smallest absolute Gasteiger partial charge is 0.322 e. The van der Waals surface area contributed by atoms with Gasteiger partial charge in [0.25, 0.3) is 10.0 Å². The zero-order chi connectivity index (χ0) is 26.6. The van der Waals surface area contributed by atoms with E-state index in [1.165, 1.54) is 44.2 Å². The number of amides is 3. The van der Waals surface area contributed by atoms with Gasteiger partial charge in [-0.25, -0.2) is 17.6 Å². The Morgan fingerprint density at radius 3 is 2.22 bits per heavy atom. The number of morpholine rings is 1. The van der Waals surface area contributed by atoms with Gasteiger partial charge in [-0.2, -0.15) is 0 Å². The lowest BCUT2D eigenvalue weighted by Gasteiger charge is -2.27. The van der Waals surface area contributed by atoms with E-state index >= 15 is 0 Å². The molecule has 1 heterocycles. The largest absolute Gasteiger partial charge is 0.378 e. The number of nitrogens with one attached hydrogen (secondary N) is 3. The Bertz CT molecular complexity index is 1400. The second-order valence-corrected chi connectivity index (χ2v) is 11.0. The van der Waals surface area contributed by atoms with E-state index in [4.69, 9.17) is 4.74 Å². The second kappa shape index (κ2) is 10.7. The highest BCUT2D eigenvalue weighted by atomic mass is 32.2. The molecule has 11 heteroatoms. The van der Waals surface area contributed by atoms with Crippen molar-refractivity contribution >= 4 is 49.8 Å². The number of hydrogen-bond acceptors (Lipinski definition) is 5.